The highest BCUT2D eigenvalue weighted by Gasteiger charge is 2.14. The van der Waals surface area contributed by atoms with E-state index in [2.05, 4.69) is 29.7 Å². The van der Waals surface area contributed by atoms with Gasteiger partial charge in [0.1, 0.15) is 0 Å². The van der Waals surface area contributed by atoms with E-state index in [1.165, 1.54) is 31.2 Å². The molecule has 0 heterocycles. The summed E-state index contributed by atoms with van der Waals surface area (Å²) in [6.07, 6.45) is 8.00. The molecule has 1 aliphatic rings. The van der Waals surface area contributed by atoms with Crippen molar-refractivity contribution in [2.24, 2.45) is 0 Å². The van der Waals surface area contributed by atoms with Crippen molar-refractivity contribution in [1.82, 2.24) is 5.32 Å². The number of hydrogen-bond donors (Lipinski definition) is 2. The second-order valence-corrected chi connectivity index (χ2v) is 5.80. The van der Waals surface area contributed by atoms with Crippen LogP contribution >= 0.6 is 0 Å². The van der Waals surface area contributed by atoms with Crippen molar-refractivity contribution in [2.75, 3.05) is 11.9 Å². The molecule has 0 atom stereocenters. The number of anilines is 1. The molecule has 3 nitrogen and oxygen atoms in total. The van der Waals surface area contributed by atoms with E-state index in [0.717, 1.165) is 18.5 Å². The van der Waals surface area contributed by atoms with Gasteiger partial charge in [-0.25, -0.2) is 0 Å². The highest BCUT2D eigenvalue weighted by molar-refractivity contribution is 5.76. The van der Waals surface area contributed by atoms with Gasteiger partial charge in [0.2, 0.25) is 5.91 Å². The minimum Gasteiger partial charge on any atom is -0.385 e. The van der Waals surface area contributed by atoms with Gasteiger partial charge in [-0.2, -0.15) is 0 Å². The summed E-state index contributed by atoms with van der Waals surface area (Å²) in [5, 5.41) is 6.48. The molecule has 1 fully saturated rings. The molecule has 1 aliphatic carbocycles. The SMILES string of the molecule is Cc1cccc(NCCC(=O)NC2CCCCCC2)c1. The minimum atomic E-state index is 0.178. The molecule has 1 saturated carbocycles. The van der Waals surface area contributed by atoms with E-state index >= 15 is 0 Å². The molecule has 2 rings (SSSR count). The minimum absolute atomic E-state index is 0.178. The standard InChI is InChI=1S/C17H26N2O/c1-14-7-6-10-16(13-14)18-12-11-17(20)19-15-8-4-2-3-5-9-15/h6-7,10,13,15,18H,2-5,8-9,11-12H2,1H3,(H,19,20). The van der Waals surface area contributed by atoms with E-state index in [-0.39, 0.29) is 5.91 Å². The Bertz CT molecular complexity index is 423. The second-order valence-electron chi connectivity index (χ2n) is 5.80. The van der Waals surface area contributed by atoms with Crippen LogP contribution in [0.3, 0.4) is 0 Å². The summed E-state index contributed by atoms with van der Waals surface area (Å²) in [5.41, 5.74) is 2.32. The van der Waals surface area contributed by atoms with Crippen LogP contribution < -0.4 is 10.6 Å². The second kappa shape index (κ2) is 7.93. The lowest BCUT2D eigenvalue weighted by Gasteiger charge is -2.16. The van der Waals surface area contributed by atoms with E-state index in [1.807, 2.05) is 12.1 Å². The number of carbonyl (C=O) groups excluding carboxylic acids is 1. The highest BCUT2D eigenvalue weighted by Crippen LogP contribution is 2.17. The largest absolute Gasteiger partial charge is 0.385 e. The van der Waals surface area contributed by atoms with Gasteiger partial charge in [-0.05, 0) is 37.5 Å². The maximum Gasteiger partial charge on any atom is 0.221 e. The van der Waals surface area contributed by atoms with Crippen LogP contribution in [0, 0.1) is 6.92 Å². The number of nitrogens with one attached hydrogen (secondary N) is 2. The van der Waals surface area contributed by atoms with Crippen LogP contribution in [0.15, 0.2) is 24.3 Å². The Hall–Kier alpha value is -1.51. The fourth-order valence-electron chi connectivity index (χ4n) is 2.80. The fourth-order valence-corrected chi connectivity index (χ4v) is 2.80. The Kier molecular flexibility index (Phi) is 5.90. The molecule has 20 heavy (non-hydrogen) atoms. The molecule has 0 aliphatic heterocycles. The van der Waals surface area contributed by atoms with Crippen LogP contribution in [0.1, 0.15) is 50.5 Å². The third kappa shape index (κ3) is 5.24. The number of carbonyl (C=O) groups is 1. The molecule has 1 amide bonds. The van der Waals surface area contributed by atoms with Gasteiger partial charge in [-0.3, -0.25) is 4.79 Å². The van der Waals surface area contributed by atoms with Gasteiger partial charge in [0, 0.05) is 24.7 Å². The van der Waals surface area contributed by atoms with Crippen molar-refractivity contribution in [3.8, 4) is 0 Å². The molecular weight excluding hydrogens is 248 g/mol. The smallest absolute Gasteiger partial charge is 0.221 e. The van der Waals surface area contributed by atoms with Crippen LogP contribution in [0.4, 0.5) is 5.69 Å². The van der Waals surface area contributed by atoms with E-state index in [9.17, 15) is 4.79 Å². The average molecular weight is 274 g/mol. The summed E-state index contributed by atoms with van der Waals surface area (Å²) in [5.74, 6) is 0.178. The monoisotopic (exact) mass is 274 g/mol. The number of amides is 1. The molecular formula is C17H26N2O. The molecule has 0 spiro atoms. The van der Waals surface area contributed by atoms with Crippen molar-refractivity contribution >= 4 is 11.6 Å². The summed E-state index contributed by atoms with van der Waals surface area (Å²) in [4.78, 5) is 11.9. The quantitative estimate of drug-likeness (QED) is 0.805. The van der Waals surface area contributed by atoms with Crippen LogP contribution in [0.2, 0.25) is 0 Å². The Morgan fingerprint density at radius 3 is 2.65 bits per heavy atom. The van der Waals surface area contributed by atoms with Crippen molar-refractivity contribution in [3.63, 3.8) is 0 Å². The van der Waals surface area contributed by atoms with Crippen molar-refractivity contribution in [3.05, 3.63) is 29.8 Å². The molecule has 2 N–H and O–H groups in total. The van der Waals surface area contributed by atoms with Gasteiger partial charge in [0.15, 0.2) is 0 Å². The zero-order chi connectivity index (χ0) is 14.2. The lowest BCUT2D eigenvalue weighted by atomic mass is 10.1. The maximum atomic E-state index is 11.9. The van der Waals surface area contributed by atoms with E-state index in [0.29, 0.717) is 19.0 Å². The Morgan fingerprint density at radius 2 is 1.95 bits per heavy atom. The highest BCUT2D eigenvalue weighted by atomic mass is 16.1. The van der Waals surface area contributed by atoms with Crippen LogP contribution in [0.5, 0.6) is 0 Å². The molecule has 0 aromatic heterocycles. The molecule has 0 bridgehead atoms. The van der Waals surface area contributed by atoms with Gasteiger partial charge in [-0.1, -0.05) is 37.8 Å². The molecule has 0 saturated heterocycles. The summed E-state index contributed by atoms with van der Waals surface area (Å²) < 4.78 is 0. The number of benzene rings is 1. The van der Waals surface area contributed by atoms with Crippen molar-refractivity contribution in [2.45, 2.75) is 57.9 Å². The number of rotatable bonds is 5. The molecule has 0 radical (unpaired) electrons. The fraction of sp³-hybridized carbons (Fsp3) is 0.588. The normalized spacial score (nSPS) is 16.4. The Balaban J connectivity index is 1.67. The zero-order valence-electron chi connectivity index (χ0n) is 12.5. The van der Waals surface area contributed by atoms with Crippen LogP contribution in [-0.4, -0.2) is 18.5 Å². The average Bonchev–Trinajstić information content (AvgIpc) is 2.67. The van der Waals surface area contributed by atoms with Gasteiger partial charge >= 0.3 is 0 Å². The predicted octanol–water partition coefficient (Wildman–Crippen LogP) is 3.64. The first-order valence-corrected chi connectivity index (χ1v) is 7.84. The Morgan fingerprint density at radius 1 is 1.20 bits per heavy atom. The summed E-state index contributed by atoms with van der Waals surface area (Å²) in [7, 11) is 0. The van der Waals surface area contributed by atoms with Crippen LogP contribution in [-0.2, 0) is 4.79 Å². The van der Waals surface area contributed by atoms with Gasteiger partial charge < -0.3 is 10.6 Å². The molecule has 3 heteroatoms. The topological polar surface area (TPSA) is 41.1 Å². The molecule has 110 valence electrons. The van der Waals surface area contributed by atoms with Crippen molar-refractivity contribution < 1.29 is 4.79 Å². The summed E-state index contributed by atoms with van der Waals surface area (Å²) in [6, 6.07) is 8.65. The van der Waals surface area contributed by atoms with E-state index in [4.69, 9.17) is 0 Å². The maximum absolute atomic E-state index is 11.9. The lowest BCUT2D eigenvalue weighted by Crippen LogP contribution is -2.35. The lowest BCUT2D eigenvalue weighted by molar-refractivity contribution is -0.121. The van der Waals surface area contributed by atoms with Gasteiger partial charge in [-0.15, -0.1) is 0 Å². The summed E-state index contributed by atoms with van der Waals surface area (Å²) in [6.45, 7) is 2.77. The van der Waals surface area contributed by atoms with E-state index < -0.39 is 0 Å². The third-order valence-corrected chi connectivity index (χ3v) is 3.92. The first-order valence-electron chi connectivity index (χ1n) is 7.84. The first kappa shape index (κ1) is 14.9. The Labute approximate surface area is 122 Å². The molecule has 1 aromatic carbocycles. The van der Waals surface area contributed by atoms with Crippen LogP contribution in [0.25, 0.3) is 0 Å². The van der Waals surface area contributed by atoms with Gasteiger partial charge in [0.05, 0.1) is 0 Å². The number of aryl methyl sites for hydroxylation is 1. The van der Waals surface area contributed by atoms with Crippen molar-refractivity contribution in [1.29, 1.82) is 0 Å². The first-order chi connectivity index (χ1) is 9.74. The zero-order valence-corrected chi connectivity index (χ0v) is 12.5. The summed E-state index contributed by atoms with van der Waals surface area (Å²) >= 11 is 0. The number of hydrogen-bond acceptors (Lipinski definition) is 2. The molecule has 1 aromatic rings. The third-order valence-electron chi connectivity index (χ3n) is 3.92. The molecule has 0 unspecified atom stereocenters. The predicted molar refractivity (Wildman–Crippen MR) is 83.9 cm³/mol. The van der Waals surface area contributed by atoms with Gasteiger partial charge in [0.25, 0.3) is 0 Å². The van der Waals surface area contributed by atoms with E-state index in [1.54, 1.807) is 0 Å².